The average molecular weight is 367 g/mol. The molecule has 6 nitrogen and oxygen atoms in total. The Bertz CT molecular complexity index is 787. The normalized spacial score (nSPS) is 12.0. The second-order valence-electron chi connectivity index (χ2n) is 6.06. The van der Waals surface area contributed by atoms with Crippen LogP contribution in [0.5, 0.6) is 5.75 Å². The molecule has 1 heterocycles. The zero-order valence-corrected chi connectivity index (χ0v) is 16.0. The van der Waals surface area contributed by atoms with Crippen LogP contribution in [0.4, 0.5) is 0 Å². The van der Waals surface area contributed by atoms with Gasteiger partial charge in [-0.05, 0) is 37.1 Å². The number of nitrogens with one attached hydrogen (secondary N) is 2. The summed E-state index contributed by atoms with van der Waals surface area (Å²) in [4.78, 5) is 5.93. The van der Waals surface area contributed by atoms with E-state index in [4.69, 9.17) is 4.74 Å². The second kappa shape index (κ2) is 9.12. The van der Waals surface area contributed by atoms with Gasteiger partial charge in [0.25, 0.3) is 0 Å². The number of hydrogen-bond donors (Lipinski definition) is 2. The predicted octanol–water partition coefficient (Wildman–Crippen LogP) is 1.23. The van der Waals surface area contributed by atoms with Crippen LogP contribution in [-0.2, 0) is 10.0 Å². The van der Waals surface area contributed by atoms with E-state index in [9.17, 15) is 8.42 Å². The molecule has 25 heavy (non-hydrogen) atoms. The van der Waals surface area contributed by atoms with Crippen LogP contribution in [0.3, 0.4) is 0 Å². The summed E-state index contributed by atoms with van der Waals surface area (Å²) in [5.41, 5.74) is 0.553. The van der Waals surface area contributed by atoms with Crippen molar-refractivity contribution in [1.29, 1.82) is 0 Å². The maximum Gasteiger partial charge on any atom is 0.241 e. The number of fused-ring (bicyclic) bond motifs is 1. The number of aromatic nitrogens is 1. The number of nitrogens with zero attached hydrogens (tertiary/aromatic N) is 1. The van der Waals surface area contributed by atoms with Gasteiger partial charge in [0.2, 0.25) is 10.0 Å². The minimum atomic E-state index is -3.60. The molecule has 1 aromatic carbocycles. The predicted molar refractivity (Wildman–Crippen MR) is 99.6 cm³/mol. The lowest BCUT2D eigenvalue weighted by molar-refractivity contribution is -0.898. The summed E-state index contributed by atoms with van der Waals surface area (Å²) < 4.78 is 33.5. The molecule has 0 aliphatic rings. The first-order valence-corrected chi connectivity index (χ1v) is 10.3. The zero-order chi connectivity index (χ0) is 18.3. The summed E-state index contributed by atoms with van der Waals surface area (Å²) in [5.74, 6) is 0.566. The largest absolute Gasteiger partial charge is 0.494 e. The van der Waals surface area contributed by atoms with Gasteiger partial charge in [0.15, 0.2) is 0 Å². The van der Waals surface area contributed by atoms with Crippen LogP contribution < -0.4 is 14.4 Å². The number of ether oxygens (including phenoxy) is 1. The first-order valence-electron chi connectivity index (χ1n) is 8.78. The van der Waals surface area contributed by atoms with Crippen molar-refractivity contribution in [3.05, 3.63) is 30.5 Å². The van der Waals surface area contributed by atoms with Gasteiger partial charge in [0.05, 0.1) is 38.2 Å². The van der Waals surface area contributed by atoms with E-state index in [1.807, 2.05) is 0 Å². The Morgan fingerprint density at radius 1 is 1.12 bits per heavy atom. The summed E-state index contributed by atoms with van der Waals surface area (Å²) >= 11 is 0. The molecule has 0 aliphatic heterocycles. The lowest BCUT2D eigenvalue weighted by atomic mass is 10.2. The summed E-state index contributed by atoms with van der Waals surface area (Å²) in [5, 5.41) is 0.570. The van der Waals surface area contributed by atoms with Crippen LogP contribution in [0.1, 0.15) is 26.7 Å². The lowest BCUT2D eigenvalue weighted by Crippen LogP contribution is -3.12. The van der Waals surface area contributed by atoms with E-state index >= 15 is 0 Å². The highest BCUT2D eigenvalue weighted by molar-refractivity contribution is 7.89. The molecule has 138 valence electrons. The monoisotopic (exact) mass is 366 g/mol. The molecule has 0 amide bonds. The molecule has 0 atom stereocenters. The molecule has 7 heteroatoms. The molecule has 2 N–H and O–H groups in total. The van der Waals surface area contributed by atoms with Crippen LogP contribution >= 0.6 is 0 Å². The van der Waals surface area contributed by atoms with E-state index < -0.39 is 10.0 Å². The number of sulfonamides is 1. The minimum Gasteiger partial charge on any atom is -0.494 e. The van der Waals surface area contributed by atoms with Gasteiger partial charge in [0.1, 0.15) is 11.3 Å². The van der Waals surface area contributed by atoms with E-state index in [1.54, 1.807) is 37.6 Å². The van der Waals surface area contributed by atoms with Gasteiger partial charge in [-0.15, -0.1) is 0 Å². The van der Waals surface area contributed by atoms with Crippen molar-refractivity contribution in [2.24, 2.45) is 0 Å². The molecule has 1 aromatic heterocycles. The molecule has 2 aromatic rings. The van der Waals surface area contributed by atoms with Gasteiger partial charge >= 0.3 is 0 Å². The lowest BCUT2D eigenvalue weighted by Gasteiger charge is -2.18. The topological polar surface area (TPSA) is 72.7 Å². The van der Waals surface area contributed by atoms with E-state index in [0.29, 0.717) is 23.2 Å². The van der Waals surface area contributed by atoms with Gasteiger partial charge in [-0.3, -0.25) is 4.98 Å². The molecule has 0 saturated heterocycles. The van der Waals surface area contributed by atoms with E-state index in [-0.39, 0.29) is 4.90 Å². The van der Waals surface area contributed by atoms with E-state index in [0.717, 1.165) is 32.5 Å². The maximum absolute atomic E-state index is 12.8. The summed E-state index contributed by atoms with van der Waals surface area (Å²) in [7, 11) is -2.05. The van der Waals surface area contributed by atoms with Crippen molar-refractivity contribution in [3.8, 4) is 5.75 Å². The maximum atomic E-state index is 12.8. The van der Waals surface area contributed by atoms with Gasteiger partial charge in [0, 0.05) is 11.6 Å². The average Bonchev–Trinajstić information content (AvgIpc) is 2.61. The quantitative estimate of drug-likeness (QED) is 0.663. The molecule has 2 rings (SSSR count). The van der Waals surface area contributed by atoms with E-state index in [1.165, 1.54) is 4.90 Å². The van der Waals surface area contributed by atoms with Crippen LogP contribution in [0.25, 0.3) is 10.9 Å². The van der Waals surface area contributed by atoms with Crippen LogP contribution in [-0.4, -0.2) is 46.7 Å². The smallest absolute Gasteiger partial charge is 0.241 e. The molecule has 0 spiro atoms. The molecule has 0 fully saturated rings. The number of quaternary nitrogens is 1. The molecular weight excluding hydrogens is 338 g/mol. The Morgan fingerprint density at radius 3 is 2.48 bits per heavy atom. The number of benzene rings is 1. The van der Waals surface area contributed by atoms with Crippen molar-refractivity contribution < 1.29 is 18.1 Å². The van der Waals surface area contributed by atoms with Crippen molar-refractivity contribution in [1.82, 2.24) is 9.71 Å². The number of hydrogen-bond acceptors (Lipinski definition) is 4. The fraction of sp³-hybridized carbons (Fsp3) is 0.500. The van der Waals surface area contributed by atoms with Crippen LogP contribution in [0, 0.1) is 0 Å². The molecule has 0 unspecified atom stereocenters. The van der Waals surface area contributed by atoms with Gasteiger partial charge < -0.3 is 9.64 Å². The summed E-state index contributed by atoms with van der Waals surface area (Å²) in [6.45, 7) is 7.63. The van der Waals surface area contributed by atoms with Crippen molar-refractivity contribution in [2.45, 2.75) is 31.6 Å². The minimum absolute atomic E-state index is 0.240. The Hall–Kier alpha value is -1.70. The van der Waals surface area contributed by atoms with Crippen molar-refractivity contribution >= 4 is 20.9 Å². The van der Waals surface area contributed by atoms with Crippen molar-refractivity contribution in [2.75, 3.05) is 33.3 Å². The summed E-state index contributed by atoms with van der Waals surface area (Å²) in [6.07, 6.45) is 3.82. The highest BCUT2D eigenvalue weighted by Gasteiger charge is 2.20. The van der Waals surface area contributed by atoms with E-state index in [2.05, 4.69) is 23.6 Å². The highest BCUT2D eigenvalue weighted by Crippen LogP contribution is 2.28. The van der Waals surface area contributed by atoms with Crippen molar-refractivity contribution in [3.63, 3.8) is 0 Å². The second-order valence-corrected chi connectivity index (χ2v) is 7.80. The standard InChI is InChI=1S/C18H27N3O3S/c1-4-12-21(13-5-2)14-11-20-25(22,23)17-9-8-16(24-3)18-15(17)7-6-10-19-18/h6-10,20H,4-5,11-14H2,1-3H3/p+1. The zero-order valence-electron chi connectivity index (χ0n) is 15.2. The molecule has 0 radical (unpaired) electrons. The Kier molecular flexibility index (Phi) is 7.16. The number of pyridine rings is 1. The SMILES string of the molecule is CCC[NH+](CCC)CCNS(=O)(=O)c1ccc(OC)c2ncccc12. The van der Waals surface area contributed by atoms with Gasteiger partial charge in [-0.1, -0.05) is 13.8 Å². The molecular formula is C18H28N3O3S+. The van der Waals surface area contributed by atoms with Crippen LogP contribution in [0.15, 0.2) is 35.4 Å². The molecule has 0 aliphatic carbocycles. The molecule has 0 saturated carbocycles. The Balaban J connectivity index is 2.18. The molecule has 0 bridgehead atoms. The highest BCUT2D eigenvalue weighted by atomic mass is 32.2. The number of rotatable bonds is 10. The fourth-order valence-electron chi connectivity index (χ4n) is 3.04. The number of methoxy groups -OCH3 is 1. The van der Waals surface area contributed by atoms with Crippen LogP contribution in [0.2, 0.25) is 0 Å². The Morgan fingerprint density at radius 2 is 1.84 bits per heavy atom. The summed E-state index contributed by atoms with van der Waals surface area (Å²) in [6, 6.07) is 6.71. The third-order valence-corrected chi connectivity index (χ3v) is 5.70. The first-order chi connectivity index (χ1) is 12.0. The van der Waals surface area contributed by atoms with Gasteiger partial charge in [-0.2, -0.15) is 0 Å². The third kappa shape index (κ3) is 4.90. The van der Waals surface area contributed by atoms with Gasteiger partial charge in [-0.25, -0.2) is 13.1 Å². The first kappa shape index (κ1) is 19.6. The third-order valence-electron chi connectivity index (χ3n) is 4.18. The fourth-order valence-corrected chi connectivity index (χ4v) is 4.27. The Labute approximate surface area is 150 Å².